The van der Waals surface area contributed by atoms with Crippen molar-refractivity contribution in [2.45, 2.75) is 12.6 Å². The first-order valence-electron chi connectivity index (χ1n) is 8.71. The van der Waals surface area contributed by atoms with Crippen molar-refractivity contribution in [3.05, 3.63) is 64.2 Å². The Morgan fingerprint density at radius 1 is 1.26 bits per heavy atom. The van der Waals surface area contributed by atoms with Crippen molar-refractivity contribution < 1.29 is 14.2 Å². The van der Waals surface area contributed by atoms with E-state index in [1.807, 2.05) is 37.4 Å². The first kappa shape index (κ1) is 17.5. The minimum Gasteiger partial charge on any atom is -0.454 e. The second kappa shape index (κ2) is 7.38. The van der Waals surface area contributed by atoms with Gasteiger partial charge in [-0.25, -0.2) is 0 Å². The fourth-order valence-corrected chi connectivity index (χ4v) is 3.31. The quantitative estimate of drug-likeness (QED) is 0.721. The number of aromatic amines is 1. The molecule has 7 heteroatoms. The third kappa shape index (κ3) is 3.51. The van der Waals surface area contributed by atoms with E-state index in [2.05, 4.69) is 14.9 Å². The number of pyridine rings is 2. The normalized spacial score (nSPS) is 14.0. The molecule has 1 aliphatic heterocycles. The van der Waals surface area contributed by atoms with Crippen LogP contribution in [0.15, 0.2) is 47.4 Å². The number of likely N-dealkylation sites (N-methyl/N-ethyl adjacent to an activating group) is 1. The fourth-order valence-electron chi connectivity index (χ4n) is 3.31. The summed E-state index contributed by atoms with van der Waals surface area (Å²) in [7, 11) is 3.62. The van der Waals surface area contributed by atoms with Crippen LogP contribution in [0.4, 0.5) is 0 Å². The van der Waals surface area contributed by atoms with Crippen molar-refractivity contribution in [1.82, 2.24) is 14.9 Å². The number of ether oxygens (including phenoxy) is 3. The van der Waals surface area contributed by atoms with Gasteiger partial charge in [-0.3, -0.25) is 14.7 Å². The Morgan fingerprint density at radius 2 is 2.07 bits per heavy atom. The Balaban J connectivity index is 1.64. The Kier molecular flexibility index (Phi) is 4.79. The molecular weight excluding hydrogens is 346 g/mol. The molecule has 7 nitrogen and oxygen atoms in total. The molecule has 1 aromatic carbocycles. The molecule has 4 rings (SSSR count). The molecule has 0 amide bonds. The highest BCUT2D eigenvalue weighted by Crippen LogP contribution is 2.35. The van der Waals surface area contributed by atoms with Gasteiger partial charge in [0, 0.05) is 36.9 Å². The predicted molar refractivity (Wildman–Crippen MR) is 101 cm³/mol. The van der Waals surface area contributed by atoms with Crippen LogP contribution in [0.25, 0.3) is 10.9 Å². The van der Waals surface area contributed by atoms with E-state index in [9.17, 15) is 4.79 Å². The molecule has 3 heterocycles. The maximum Gasteiger partial charge on any atom is 0.252 e. The number of hydrogen-bond donors (Lipinski definition) is 1. The van der Waals surface area contributed by atoms with Crippen molar-refractivity contribution in [2.75, 3.05) is 27.6 Å². The third-order valence-corrected chi connectivity index (χ3v) is 4.72. The number of H-pyrrole nitrogens is 1. The molecule has 0 aliphatic carbocycles. The topological polar surface area (TPSA) is 76.7 Å². The Labute approximate surface area is 156 Å². The predicted octanol–water partition coefficient (Wildman–Crippen LogP) is 2.47. The van der Waals surface area contributed by atoms with Crippen LogP contribution in [-0.4, -0.2) is 42.4 Å². The van der Waals surface area contributed by atoms with Gasteiger partial charge in [-0.15, -0.1) is 0 Å². The highest BCUT2D eigenvalue weighted by Gasteiger charge is 2.20. The van der Waals surface area contributed by atoms with Gasteiger partial charge in [0.2, 0.25) is 6.79 Å². The zero-order valence-corrected chi connectivity index (χ0v) is 15.3. The van der Waals surface area contributed by atoms with Crippen molar-refractivity contribution in [3.8, 4) is 11.5 Å². The van der Waals surface area contributed by atoms with Gasteiger partial charge in [0.15, 0.2) is 11.5 Å². The number of hydrogen-bond acceptors (Lipinski definition) is 6. The molecule has 0 fully saturated rings. The molecule has 0 saturated carbocycles. The van der Waals surface area contributed by atoms with Crippen molar-refractivity contribution in [2.24, 2.45) is 0 Å². The number of rotatable bonds is 6. The van der Waals surface area contributed by atoms with Crippen molar-refractivity contribution in [1.29, 1.82) is 0 Å². The van der Waals surface area contributed by atoms with Gasteiger partial charge in [0.1, 0.15) is 0 Å². The van der Waals surface area contributed by atoms with E-state index in [-0.39, 0.29) is 18.4 Å². The Morgan fingerprint density at radius 3 is 2.81 bits per heavy atom. The molecule has 0 spiro atoms. The van der Waals surface area contributed by atoms with Gasteiger partial charge in [-0.1, -0.05) is 6.07 Å². The van der Waals surface area contributed by atoms with E-state index in [1.165, 1.54) is 0 Å². The van der Waals surface area contributed by atoms with Crippen LogP contribution in [-0.2, 0) is 11.3 Å². The van der Waals surface area contributed by atoms with Crippen LogP contribution in [0.5, 0.6) is 11.5 Å². The SMILES string of the molecule is COC[C@@H](c1ccccn1)N(C)Cc1cc2cc3c(cc2[nH]c1=O)OCO3. The number of nitrogens with one attached hydrogen (secondary N) is 1. The lowest BCUT2D eigenvalue weighted by Crippen LogP contribution is -2.30. The summed E-state index contributed by atoms with van der Waals surface area (Å²) in [5.41, 5.74) is 2.18. The second-order valence-corrected chi connectivity index (χ2v) is 6.56. The minimum absolute atomic E-state index is 0.0527. The molecule has 0 saturated heterocycles. The maximum atomic E-state index is 12.6. The van der Waals surface area contributed by atoms with E-state index >= 15 is 0 Å². The van der Waals surface area contributed by atoms with Crippen LogP contribution in [0.2, 0.25) is 0 Å². The monoisotopic (exact) mass is 367 g/mol. The summed E-state index contributed by atoms with van der Waals surface area (Å²) in [6.07, 6.45) is 1.76. The van der Waals surface area contributed by atoms with Gasteiger partial charge in [-0.2, -0.15) is 0 Å². The molecule has 140 valence electrons. The highest BCUT2D eigenvalue weighted by molar-refractivity contribution is 5.83. The lowest BCUT2D eigenvalue weighted by molar-refractivity contribution is 0.0998. The van der Waals surface area contributed by atoms with E-state index in [1.54, 1.807) is 19.4 Å². The Bertz CT molecular complexity index is 1000. The maximum absolute atomic E-state index is 12.6. The summed E-state index contributed by atoms with van der Waals surface area (Å²) in [5, 5.41) is 0.906. The van der Waals surface area contributed by atoms with Gasteiger partial charge in [0.05, 0.1) is 23.9 Å². The first-order valence-corrected chi connectivity index (χ1v) is 8.71. The average molecular weight is 367 g/mol. The molecular formula is C20H21N3O4. The van der Waals surface area contributed by atoms with Crippen LogP contribution in [0.3, 0.4) is 0 Å². The van der Waals surface area contributed by atoms with Crippen LogP contribution >= 0.6 is 0 Å². The van der Waals surface area contributed by atoms with Crippen molar-refractivity contribution >= 4 is 10.9 Å². The standard InChI is InChI=1S/C20H21N3O4/c1-23(17(11-25-2)15-5-3-4-6-21-15)10-14-7-13-8-18-19(27-12-26-18)9-16(13)22-20(14)24/h3-9,17H,10-12H2,1-2H3,(H,22,24)/t17-/m0/s1. The van der Waals surface area contributed by atoms with E-state index in [0.29, 0.717) is 30.2 Å². The molecule has 2 aromatic heterocycles. The third-order valence-electron chi connectivity index (χ3n) is 4.72. The summed E-state index contributed by atoms with van der Waals surface area (Å²) in [4.78, 5) is 22.0. The lowest BCUT2D eigenvalue weighted by atomic mass is 10.1. The molecule has 0 bridgehead atoms. The number of methoxy groups -OCH3 is 1. The number of benzene rings is 1. The highest BCUT2D eigenvalue weighted by atomic mass is 16.7. The van der Waals surface area contributed by atoms with Crippen LogP contribution in [0, 0.1) is 0 Å². The first-order chi connectivity index (χ1) is 13.2. The largest absolute Gasteiger partial charge is 0.454 e. The Hall–Kier alpha value is -2.90. The van der Waals surface area contributed by atoms with E-state index in [0.717, 1.165) is 16.6 Å². The summed E-state index contributed by atoms with van der Waals surface area (Å²) >= 11 is 0. The molecule has 27 heavy (non-hydrogen) atoms. The summed E-state index contributed by atoms with van der Waals surface area (Å²) in [6, 6.07) is 11.3. The molecule has 1 atom stereocenters. The fraction of sp³-hybridized carbons (Fsp3) is 0.300. The summed E-state index contributed by atoms with van der Waals surface area (Å²) in [5.74, 6) is 1.35. The van der Waals surface area contributed by atoms with Gasteiger partial charge < -0.3 is 19.2 Å². The van der Waals surface area contributed by atoms with Crippen LogP contribution < -0.4 is 15.0 Å². The number of fused-ring (bicyclic) bond motifs is 2. The van der Waals surface area contributed by atoms with Gasteiger partial charge >= 0.3 is 0 Å². The number of nitrogens with zero attached hydrogens (tertiary/aromatic N) is 2. The summed E-state index contributed by atoms with van der Waals surface area (Å²) < 4.78 is 16.2. The molecule has 0 radical (unpaired) electrons. The molecule has 0 unspecified atom stereocenters. The smallest absolute Gasteiger partial charge is 0.252 e. The minimum atomic E-state index is -0.120. The molecule has 1 aliphatic rings. The van der Waals surface area contributed by atoms with E-state index < -0.39 is 0 Å². The van der Waals surface area contributed by atoms with Gasteiger partial charge in [0.25, 0.3) is 5.56 Å². The van der Waals surface area contributed by atoms with Crippen molar-refractivity contribution in [3.63, 3.8) is 0 Å². The molecule has 1 N–H and O–H groups in total. The molecule has 3 aromatic rings. The lowest BCUT2D eigenvalue weighted by Gasteiger charge is -2.27. The summed E-state index contributed by atoms with van der Waals surface area (Å²) in [6.45, 7) is 1.15. The van der Waals surface area contributed by atoms with Gasteiger partial charge in [-0.05, 0) is 31.3 Å². The zero-order valence-electron chi connectivity index (χ0n) is 15.3. The average Bonchev–Trinajstić information content (AvgIpc) is 3.13. The second-order valence-electron chi connectivity index (χ2n) is 6.56. The number of aromatic nitrogens is 2. The van der Waals surface area contributed by atoms with Crippen LogP contribution in [0.1, 0.15) is 17.3 Å². The van der Waals surface area contributed by atoms with E-state index in [4.69, 9.17) is 14.2 Å². The zero-order chi connectivity index (χ0) is 18.8.